The van der Waals surface area contributed by atoms with Crippen LogP contribution in [0.3, 0.4) is 0 Å². The number of nitrogens with two attached hydrogens (primary N) is 1. The number of fused-ring (bicyclic) bond motifs is 1. The summed E-state index contributed by atoms with van der Waals surface area (Å²) in [5.74, 6) is -0.334. The van der Waals surface area contributed by atoms with Crippen molar-refractivity contribution in [2.45, 2.75) is 50.5 Å². The van der Waals surface area contributed by atoms with Gasteiger partial charge in [0, 0.05) is 19.5 Å². The molecule has 0 aromatic heterocycles. The number of carbonyl (C=O) groups excluding carboxylic acids is 2. The van der Waals surface area contributed by atoms with Crippen molar-refractivity contribution in [1.82, 2.24) is 9.80 Å². The Hall–Kier alpha value is -2.09. The predicted molar refractivity (Wildman–Crippen MR) is 88.8 cm³/mol. The second-order valence-corrected chi connectivity index (χ2v) is 6.78. The van der Waals surface area contributed by atoms with Gasteiger partial charge in [-0.05, 0) is 30.9 Å². The quantitative estimate of drug-likeness (QED) is 0.888. The van der Waals surface area contributed by atoms with E-state index in [-0.39, 0.29) is 49.0 Å². The number of carbonyl (C=O) groups is 2. The first kappa shape index (κ1) is 18.7. The maximum absolute atomic E-state index is 13.3. The maximum atomic E-state index is 13.3. The second kappa shape index (κ2) is 7.26. The van der Waals surface area contributed by atoms with Crippen molar-refractivity contribution in [3.63, 3.8) is 0 Å². The number of nitrogens with zero attached hydrogens (tertiary/aromatic N) is 2. The van der Waals surface area contributed by atoms with Crippen LogP contribution in [-0.2, 0) is 22.3 Å². The fraction of sp³-hybridized carbons (Fsp3) is 0.556. The summed E-state index contributed by atoms with van der Waals surface area (Å²) >= 11 is 0. The number of hydrogen-bond acceptors (Lipinski definition) is 3. The SMILES string of the molecule is NCC(=O)N1CC[C@H]2[C@@H]1CCCC(=O)N2Cc1ccccc1C(F)(F)F. The Kier molecular flexibility index (Phi) is 5.22. The van der Waals surface area contributed by atoms with Crippen LogP contribution in [0.1, 0.15) is 36.8 Å². The van der Waals surface area contributed by atoms with E-state index >= 15 is 0 Å². The molecule has 2 fully saturated rings. The van der Waals surface area contributed by atoms with E-state index in [1.807, 2.05) is 0 Å². The monoisotopic (exact) mass is 369 g/mol. The predicted octanol–water partition coefficient (Wildman–Crippen LogP) is 2.15. The highest BCUT2D eigenvalue weighted by atomic mass is 19.4. The Morgan fingerprint density at radius 3 is 2.62 bits per heavy atom. The summed E-state index contributed by atoms with van der Waals surface area (Å²) in [6, 6.07) is 4.90. The third-order valence-corrected chi connectivity index (χ3v) is 5.28. The highest BCUT2D eigenvalue weighted by molar-refractivity contribution is 5.80. The molecule has 0 unspecified atom stereocenters. The lowest BCUT2D eigenvalue weighted by atomic mass is 10.0. The maximum Gasteiger partial charge on any atom is 0.416 e. The molecule has 2 atom stereocenters. The Morgan fingerprint density at radius 2 is 1.92 bits per heavy atom. The zero-order valence-corrected chi connectivity index (χ0v) is 14.3. The van der Waals surface area contributed by atoms with Crippen LogP contribution in [0.4, 0.5) is 13.2 Å². The summed E-state index contributed by atoms with van der Waals surface area (Å²) in [5.41, 5.74) is 4.83. The van der Waals surface area contributed by atoms with Gasteiger partial charge in [0.05, 0.1) is 24.2 Å². The van der Waals surface area contributed by atoms with Crippen molar-refractivity contribution in [3.8, 4) is 0 Å². The smallest absolute Gasteiger partial charge is 0.336 e. The summed E-state index contributed by atoms with van der Waals surface area (Å²) in [4.78, 5) is 27.9. The lowest BCUT2D eigenvalue weighted by Crippen LogP contribution is -2.48. The number of halogens is 3. The van der Waals surface area contributed by atoms with Crippen molar-refractivity contribution < 1.29 is 22.8 Å². The minimum atomic E-state index is -4.47. The highest BCUT2D eigenvalue weighted by Crippen LogP contribution is 2.35. The molecule has 2 saturated heterocycles. The first-order valence-corrected chi connectivity index (χ1v) is 8.77. The van der Waals surface area contributed by atoms with Gasteiger partial charge in [0.25, 0.3) is 0 Å². The number of likely N-dealkylation sites (tertiary alicyclic amines) is 2. The van der Waals surface area contributed by atoms with Gasteiger partial charge in [-0.3, -0.25) is 9.59 Å². The van der Waals surface area contributed by atoms with Crippen molar-refractivity contribution in [2.24, 2.45) is 5.73 Å². The van der Waals surface area contributed by atoms with E-state index in [0.717, 1.165) is 6.07 Å². The highest BCUT2D eigenvalue weighted by Gasteiger charge is 2.43. The second-order valence-electron chi connectivity index (χ2n) is 6.78. The lowest BCUT2D eigenvalue weighted by Gasteiger charge is -2.33. The zero-order chi connectivity index (χ0) is 18.9. The molecule has 0 aliphatic carbocycles. The number of hydrogen-bond donors (Lipinski definition) is 1. The van der Waals surface area contributed by atoms with Crippen LogP contribution >= 0.6 is 0 Å². The Labute approximate surface area is 149 Å². The van der Waals surface area contributed by atoms with Gasteiger partial charge in [-0.1, -0.05) is 18.2 Å². The molecule has 0 spiro atoms. The van der Waals surface area contributed by atoms with E-state index in [0.29, 0.717) is 25.8 Å². The molecule has 3 rings (SSSR count). The molecule has 8 heteroatoms. The van der Waals surface area contributed by atoms with E-state index in [9.17, 15) is 22.8 Å². The summed E-state index contributed by atoms with van der Waals surface area (Å²) in [6.45, 7) is 0.282. The Morgan fingerprint density at radius 1 is 1.19 bits per heavy atom. The number of benzene rings is 1. The average Bonchev–Trinajstić information content (AvgIpc) is 2.95. The molecular weight excluding hydrogens is 347 g/mol. The normalized spacial score (nSPS) is 23.8. The van der Waals surface area contributed by atoms with Crippen molar-refractivity contribution in [3.05, 3.63) is 35.4 Å². The standard InChI is InChI=1S/C18H22F3N3O2/c19-18(20,21)13-5-2-1-4-12(13)11-24-15-8-9-23(17(26)10-22)14(15)6-3-7-16(24)25/h1-2,4-5,14-15H,3,6-11,22H2/t14-,15-/m0/s1. The van der Waals surface area contributed by atoms with Crippen LogP contribution in [0.25, 0.3) is 0 Å². The molecule has 1 aromatic rings. The van der Waals surface area contributed by atoms with Crippen LogP contribution in [0.5, 0.6) is 0 Å². The van der Waals surface area contributed by atoms with Gasteiger partial charge in [-0.15, -0.1) is 0 Å². The summed E-state index contributed by atoms with van der Waals surface area (Å²) < 4.78 is 39.9. The number of amides is 2. The molecule has 0 bridgehead atoms. The Balaban J connectivity index is 1.89. The molecule has 142 valence electrons. The fourth-order valence-electron chi connectivity index (χ4n) is 4.09. The largest absolute Gasteiger partial charge is 0.416 e. The third kappa shape index (κ3) is 3.56. The van der Waals surface area contributed by atoms with E-state index < -0.39 is 11.7 Å². The van der Waals surface area contributed by atoms with Gasteiger partial charge in [0.1, 0.15) is 0 Å². The van der Waals surface area contributed by atoms with Crippen molar-refractivity contribution in [2.75, 3.05) is 13.1 Å². The van der Waals surface area contributed by atoms with Crippen molar-refractivity contribution >= 4 is 11.8 Å². The van der Waals surface area contributed by atoms with Crippen LogP contribution in [-0.4, -0.2) is 46.8 Å². The van der Waals surface area contributed by atoms with Gasteiger partial charge < -0.3 is 15.5 Å². The molecule has 26 heavy (non-hydrogen) atoms. The molecule has 0 radical (unpaired) electrons. The van der Waals surface area contributed by atoms with Crippen LogP contribution in [0, 0.1) is 0 Å². The number of rotatable bonds is 3. The van der Waals surface area contributed by atoms with Gasteiger partial charge in [0.15, 0.2) is 0 Å². The van der Waals surface area contributed by atoms with E-state index in [4.69, 9.17) is 5.73 Å². The minimum absolute atomic E-state index is 0.0811. The van der Waals surface area contributed by atoms with Gasteiger partial charge in [-0.25, -0.2) is 0 Å². The van der Waals surface area contributed by atoms with Crippen LogP contribution in [0.15, 0.2) is 24.3 Å². The summed E-state index contributed by atoms with van der Waals surface area (Å²) in [7, 11) is 0. The van der Waals surface area contributed by atoms with E-state index in [1.165, 1.54) is 17.0 Å². The summed E-state index contributed by atoms with van der Waals surface area (Å²) in [5, 5.41) is 0. The van der Waals surface area contributed by atoms with E-state index in [2.05, 4.69) is 0 Å². The average molecular weight is 369 g/mol. The van der Waals surface area contributed by atoms with Gasteiger partial charge in [-0.2, -0.15) is 13.2 Å². The molecule has 2 aliphatic heterocycles. The fourth-order valence-corrected chi connectivity index (χ4v) is 4.09. The molecule has 0 saturated carbocycles. The van der Waals surface area contributed by atoms with Crippen LogP contribution in [0.2, 0.25) is 0 Å². The van der Waals surface area contributed by atoms with Crippen LogP contribution < -0.4 is 5.73 Å². The molecule has 2 heterocycles. The first-order valence-electron chi connectivity index (χ1n) is 8.77. The van der Waals surface area contributed by atoms with Gasteiger partial charge in [0.2, 0.25) is 11.8 Å². The number of alkyl halides is 3. The lowest BCUT2D eigenvalue weighted by molar-refractivity contribution is -0.140. The zero-order valence-electron chi connectivity index (χ0n) is 14.3. The first-order chi connectivity index (χ1) is 12.3. The molecule has 2 amide bonds. The van der Waals surface area contributed by atoms with Crippen molar-refractivity contribution in [1.29, 1.82) is 0 Å². The molecule has 2 N–H and O–H groups in total. The third-order valence-electron chi connectivity index (χ3n) is 5.28. The minimum Gasteiger partial charge on any atom is -0.336 e. The molecule has 2 aliphatic rings. The molecular formula is C18H22F3N3O2. The topological polar surface area (TPSA) is 66.6 Å². The van der Waals surface area contributed by atoms with Gasteiger partial charge >= 0.3 is 6.18 Å². The molecule has 1 aromatic carbocycles. The van der Waals surface area contributed by atoms with E-state index in [1.54, 1.807) is 11.0 Å². The Bertz CT molecular complexity index is 693. The summed E-state index contributed by atoms with van der Waals surface area (Å²) in [6.07, 6.45) is -2.34. The molecule has 5 nitrogen and oxygen atoms in total.